The van der Waals surface area contributed by atoms with Crippen molar-refractivity contribution in [2.45, 2.75) is 6.92 Å². The maximum absolute atomic E-state index is 11.8. The number of thioether (sulfide) groups is 1. The van der Waals surface area contributed by atoms with Crippen molar-refractivity contribution < 1.29 is 19.4 Å². The predicted molar refractivity (Wildman–Crippen MR) is 75.7 cm³/mol. The van der Waals surface area contributed by atoms with Crippen LogP contribution in [0.15, 0.2) is 24.3 Å². The molecule has 0 aliphatic rings. The molecule has 19 heavy (non-hydrogen) atoms. The van der Waals surface area contributed by atoms with Crippen LogP contribution in [0.5, 0.6) is 5.75 Å². The fourth-order valence-corrected chi connectivity index (χ4v) is 2.02. The van der Waals surface area contributed by atoms with Crippen LogP contribution in [0.25, 0.3) is 0 Å². The maximum Gasteiger partial charge on any atom is 0.341 e. The number of nitrogens with one attached hydrogen (secondary N) is 1. The van der Waals surface area contributed by atoms with Crippen LogP contribution in [-0.4, -0.2) is 35.6 Å². The molecule has 0 aromatic heterocycles. The summed E-state index contributed by atoms with van der Waals surface area (Å²) in [6.07, 6.45) is 1.96. The first kappa shape index (κ1) is 15.4. The summed E-state index contributed by atoms with van der Waals surface area (Å²) in [5.41, 5.74) is 0.667. The number of carboxylic acids is 1. The SMILES string of the molecule is CSCC(C)C(=O)Nc1ccc(OCC(=O)O)cc1. The fourth-order valence-electron chi connectivity index (χ4n) is 1.37. The van der Waals surface area contributed by atoms with Crippen LogP contribution in [0.2, 0.25) is 0 Å². The van der Waals surface area contributed by atoms with Crippen molar-refractivity contribution in [3.8, 4) is 5.75 Å². The summed E-state index contributed by atoms with van der Waals surface area (Å²) >= 11 is 1.62. The van der Waals surface area contributed by atoms with Crippen LogP contribution in [0, 0.1) is 5.92 Å². The van der Waals surface area contributed by atoms with Gasteiger partial charge in [0.25, 0.3) is 0 Å². The first-order valence-electron chi connectivity index (χ1n) is 5.77. The summed E-state index contributed by atoms with van der Waals surface area (Å²) in [6.45, 7) is 1.49. The van der Waals surface area contributed by atoms with E-state index in [0.717, 1.165) is 5.75 Å². The third-order valence-electron chi connectivity index (χ3n) is 2.35. The molecule has 0 aliphatic heterocycles. The highest BCUT2D eigenvalue weighted by Crippen LogP contribution is 2.17. The molecule has 0 bridgehead atoms. The molecule has 0 saturated carbocycles. The fraction of sp³-hybridized carbons (Fsp3) is 0.385. The molecule has 2 N–H and O–H groups in total. The van der Waals surface area contributed by atoms with Gasteiger partial charge in [0.05, 0.1) is 0 Å². The Balaban J connectivity index is 2.52. The smallest absolute Gasteiger partial charge is 0.341 e. The van der Waals surface area contributed by atoms with Gasteiger partial charge >= 0.3 is 5.97 Å². The number of aliphatic carboxylic acids is 1. The summed E-state index contributed by atoms with van der Waals surface area (Å²) in [5.74, 6) is 0.110. The monoisotopic (exact) mass is 283 g/mol. The molecule has 0 saturated heterocycles. The second-order valence-electron chi connectivity index (χ2n) is 4.05. The standard InChI is InChI=1S/C13H17NO4S/c1-9(8-19-2)13(17)14-10-3-5-11(6-4-10)18-7-12(15)16/h3-6,9H,7-8H2,1-2H3,(H,14,17)(H,15,16). The Morgan fingerprint density at radius 1 is 1.37 bits per heavy atom. The van der Waals surface area contributed by atoms with E-state index in [-0.39, 0.29) is 18.4 Å². The van der Waals surface area contributed by atoms with Gasteiger partial charge in [-0.1, -0.05) is 6.92 Å². The van der Waals surface area contributed by atoms with Gasteiger partial charge in [0.1, 0.15) is 5.75 Å². The van der Waals surface area contributed by atoms with Crippen molar-refractivity contribution in [1.29, 1.82) is 0 Å². The van der Waals surface area contributed by atoms with E-state index in [1.165, 1.54) is 0 Å². The molecule has 1 aromatic rings. The highest BCUT2D eigenvalue weighted by atomic mass is 32.2. The van der Waals surface area contributed by atoms with Crippen molar-refractivity contribution >= 4 is 29.3 Å². The second kappa shape index (κ2) is 7.68. The molecule has 5 nitrogen and oxygen atoms in total. The number of anilines is 1. The highest BCUT2D eigenvalue weighted by Gasteiger charge is 2.12. The van der Waals surface area contributed by atoms with Crippen LogP contribution < -0.4 is 10.1 Å². The number of benzene rings is 1. The lowest BCUT2D eigenvalue weighted by Crippen LogP contribution is -2.21. The molecule has 104 valence electrons. The first-order chi connectivity index (χ1) is 9.02. The molecule has 1 amide bonds. The quantitative estimate of drug-likeness (QED) is 0.801. The van der Waals surface area contributed by atoms with E-state index in [9.17, 15) is 9.59 Å². The average molecular weight is 283 g/mol. The molecule has 1 unspecified atom stereocenters. The van der Waals surface area contributed by atoms with Gasteiger partial charge in [-0.05, 0) is 30.5 Å². The Kier molecular flexibility index (Phi) is 6.21. The normalized spacial score (nSPS) is 11.7. The van der Waals surface area contributed by atoms with Crippen LogP contribution in [-0.2, 0) is 9.59 Å². The van der Waals surface area contributed by atoms with E-state index in [2.05, 4.69) is 5.32 Å². The predicted octanol–water partition coefficient (Wildman–Crippen LogP) is 2.09. The van der Waals surface area contributed by atoms with Crippen LogP contribution in [0.4, 0.5) is 5.69 Å². The van der Waals surface area contributed by atoms with Crippen molar-refractivity contribution in [1.82, 2.24) is 0 Å². The zero-order valence-electron chi connectivity index (χ0n) is 10.9. The third-order valence-corrected chi connectivity index (χ3v) is 3.18. The van der Waals surface area contributed by atoms with Gasteiger partial charge in [-0.15, -0.1) is 0 Å². The van der Waals surface area contributed by atoms with Crippen molar-refractivity contribution in [3.05, 3.63) is 24.3 Å². The molecule has 0 aliphatic carbocycles. The number of carbonyl (C=O) groups is 2. The Labute approximate surface area is 116 Å². The van der Waals surface area contributed by atoms with E-state index in [1.807, 2.05) is 13.2 Å². The summed E-state index contributed by atoms with van der Waals surface area (Å²) < 4.78 is 5.00. The summed E-state index contributed by atoms with van der Waals surface area (Å²) in [6, 6.07) is 6.61. The number of amides is 1. The summed E-state index contributed by atoms with van der Waals surface area (Å²) in [7, 11) is 0. The molecular formula is C13H17NO4S. The number of carbonyl (C=O) groups excluding carboxylic acids is 1. The number of hydrogen-bond donors (Lipinski definition) is 2. The minimum absolute atomic E-state index is 0.0337. The lowest BCUT2D eigenvalue weighted by Gasteiger charge is -2.11. The Bertz CT molecular complexity index is 433. The molecule has 0 spiro atoms. The van der Waals surface area contributed by atoms with Gasteiger partial charge in [0.2, 0.25) is 5.91 Å². The van der Waals surface area contributed by atoms with Gasteiger partial charge in [0.15, 0.2) is 6.61 Å². The lowest BCUT2D eigenvalue weighted by molar-refractivity contribution is -0.139. The maximum atomic E-state index is 11.8. The van der Waals surface area contributed by atoms with E-state index in [4.69, 9.17) is 9.84 Å². The summed E-state index contributed by atoms with van der Waals surface area (Å²) in [5, 5.41) is 11.3. The largest absolute Gasteiger partial charge is 0.482 e. The molecule has 0 radical (unpaired) electrons. The second-order valence-corrected chi connectivity index (χ2v) is 4.96. The van der Waals surface area contributed by atoms with Crippen molar-refractivity contribution in [2.75, 3.05) is 23.9 Å². The van der Waals surface area contributed by atoms with Crippen LogP contribution in [0.3, 0.4) is 0 Å². The molecule has 1 rings (SSSR count). The van der Waals surface area contributed by atoms with Gasteiger partial charge in [-0.3, -0.25) is 4.79 Å². The van der Waals surface area contributed by atoms with Crippen molar-refractivity contribution in [3.63, 3.8) is 0 Å². The Hall–Kier alpha value is -1.69. The van der Waals surface area contributed by atoms with Gasteiger partial charge in [-0.2, -0.15) is 11.8 Å². The van der Waals surface area contributed by atoms with Gasteiger partial charge < -0.3 is 15.2 Å². The molecular weight excluding hydrogens is 266 g/mol. The van der Waals surface area contributed by atoms with Crippen LogP contribution in [0.1, 0.15) is 6.92 Å². The third kappa shape index (κ3) is 5.65. The summed E-state index contributed by atoms with van der Waals surface area (Å²) in [4.78, 5) is 22.1. The molecule has 6 heteroatoms. The van der Waals surface area contributed by atoms with Gasteiger partial charge in [-0.25, -0.2) is 4.79 Å². The molecule has 1 atom stereocenters. The number of ether oxygens (including phenoxy) is 1. The minimum atomic E-state index is -1.02. The van der Waals surface area contributed by atoms with E-state index in [1.54, 1.807) is 36.0 Å². The molecule has 1 aromatic carbocycles. The lowest BCUT2D eigenvalue weighted by atomic mass is 10.2. The first-order valence-corrected chi connectivity index (χ1v) is 7.16. The highest BCUT2D eigenvalue weighted by molar-refractivity contribution is 7.98. The van der Waals surface area contributed by atoms with Crippen LogP contribution >= 0.6 is 11.8 Å². The zero-order valence-corrected chi connectivity index (χ0v) is 11.7. The van der Waals surface area contributed by atoms with E-state index >= 15 is 0 Å². The number of carboxylic acid groups (broad SMARTS) is 1. The topological polar surface area (TPSA) is 75.6 Å². The molecule has 0 fully saturated rings. The zero-order chi connectivity index (χ0) is 14.3. The Morgan fingerprint density at radius 2 is 2.00 bits per heavy atom. The Morgan fingerprint density at radius 3 is 2.53 bits per heavy atom. The molecule has 0 heterocycles. The van der Waals surface area contributed by atoms with Crippen molar-refractivity contribution in [2.24, 2.45) is 5.92 Å². The number of hydrogen-bond acceptors (Lipinski definition) is 4. The van der Waals surface area contributed by atoms with E-state index < -0.39 is 5.97 Å². The van der Waals surface area contributed by atoms with Gasteiger partial charge in [0, 0.05) is 17.4 Å². The number of rotatable bonds is 7. The average Bonchev–Trinajstić information content (AvgIpc) is 2.38. The minimum Gasteiger partial charge on any atom is -0.482 e. The van der Waals surface area contributed by atoms with E-state index in [0.29, 0.717) is 11.4 Å².